The van der Waals surface area contributed by atoms with Gasteiger partial charge in [0.25, 0.3) is 0 Å². The van der Waals surface area contributed by atoms with E-state index < -0.39 is 11.9 Å². The van der Waals surface area contributed by atoms with E-state index in [1.807, 2.05) is 6.07 Å². The summed E-state index contributed by atoms with van der Waals surface area (Å²) in [6, 6.07) is 1.89. The van der Waals surface area contributed by atoms with E-state index in [-0.39, 0.29) is 28.7 Å². The topological polar surface area (TPSA) is 102 Å². The first-order valence-electron chi connectivity index (χ1n) is 5.13. The molecule has 6 nitrogen and oxygen atoms in total. The molecule has 0 spiro atoms. The van der Waals surface area contributed by atoms with Crippen molar-refractivity contribution in [3.8, 4) is 6.07 Å². The maximum Gasteiger partial charge on any atom is 0.348 e. The average molecular weight is 268 g/mol. The molecule has 7 heteroatoms. The van der Waals surface area contributed by atoms with Crippen molar-refractivity contribution in [1.82, 2.24) is 0 Å². The van der Waals surface area contributed by atoms with Crippen molar-refractivity contribution in [2.24, 2.45) is 0 Å². The minimum absolute atomic E-state index is 0.157. The van der Waals surface area contributed by atoms with Crippen molar-refractivity contribution < 1.29 is 19.1 Å². The molecular formula is C11H12N2O4S. The lowest BCUT2D eigenvalue weighted by atomic mass is 10.1. The average Bonchev–Trinajstić information content (AvgIpc) is 2.63. The molecule has 0 amide bonds. The highest BCUT2D eigenvalue weighted by molar-refractivity contribution is 7.18. The van der Waals surface area contributed by atoms with Crippen molar-refractivity contribution in [3.05, 3.63) is 16.0 Å². The molecular weight excluding hydrogens is 256 g/mol. The lowest BCUT2D eigenvalue weighted by molar-refractivity contribution is -0.142. The third-order valence-electron chi connectivity index (χ3n) is 2.03. The zero-order chi connectivity index (χ0) is 13.7. The van der Waals surface area contributed by atoms with Crippen LogP contribution in [0.15, 0.2) is 0 Å². The summed E-state index contributed by atoms with van der Waals surface area (Å²) >= 11 is 0.955. The van der Waals surface area contributed by atoms with Crippen LogP contribution in [-0.2, 0) is 20.9 Å². The summed E-state index contributed by atoms with van der Waals surface area (Å²) < 4.78 is 9.66. The Morgan fingerprint density at radius 1 is 1.44 bits per heavy atom. The summed E-state index contributed by atoms with van der Waals surface area (Å²) in [5.74, 6) is -1.07. The molecule has 1 aromatic rings. The van der Waals surface area contributed by atoms with Crippen molar-refractivity contribution in [2.45, 2.75) is 20.5 Å². The number of hydrogen-bond acceptors (Lipinski definition) is 7. The normalized spacial score (nSPS) is 9.61. The van der Waals surface area contributed by atoms with Crippen LogP contribution in [0, 0.1) is 11.3 Å². The second-order valence-corrected chi connectivity index (χ2v) is 4.31. The molecule has 1 rings (SSSR count). The molecule has 0 aliphatic carbocycles. The Balaban J connectivity index is 3.13. The number of ether oxygens (including phenoxy) is 2. The van der Waals surface area contributed by atoms with E-state index in [0.717, 1.165) is 11.3 Å². The van der Waals surface area contributed by atoms with Gasteiger partial charge >= 0.3 is 11.9 Å². The standard InChI is InChI=1S/C11H12N2O4S/c1-3-16-11(15)9-8(5-17-6(2)14)7(4-12)10(13)18-9/h3,5,13H2,1-2H3. The molecule has 0 bridgehead atoms. The monoisotopic (exact) mass is 268 g/mol. The summed E-state index contributed by atoms with van der Waals surface area (Å²) in [7, 11) is 0. The molecule has 0 saturated carbocycles. The number of esters is 2. The van der Waals surface area contributed by atoms with Crippen molar-refractivity contribution in [1.29, 1.82) is 5.26 Å². The highest BCUT2D eigenvalue weighted by atomic mass is 32.1. The number of nitrogens with zero attached hydrogens (tertiary/aromatic N) is 1. The Bertz CT molecular complexity index is 516. The Hall–Kier alpha value is -2.07. The number of nitrogen functional groups attached to an aromatic ring is 1. The van der Waals surface area contributed by atoms with Crippen LogP contribution in [0.1, 0.15) is 34.6 Å². The number of hydrogen-bond donors (Lipinski definition) is 1. The zero-order valence-corrected chi connectivity index (χ0v) is 10.8. The Kier molecular flexibility index (Phi) is 4.68. The highest BCUT2D eigenvalue weighted by Gasteiger charge is 2.23. The molecule has 0 aliphatic heterocycles. The van der Waals surface area contributed by atoms with Gasteiger partial charge in [-0.2, -0.15) is 5.26 Å². The molecule has 2 N–H and O–H groups in total. The fourth-order valence-corrected chi connectivity index (χ4v) is 2.20. The van der Waals surface area contributed by atoms with Gasteiger partial charge in [0, 0.05) is 12.5 Å². The summed E-state index contributed by atoms with van der Waals surface area (Å²) in [6.07, 6.45) is 0. The van der Waals surface area contributed by atoms with Crippen molar-refractivity contribution in [2.75, 3.05) is 12.3 Å². The minimum Gasteiger partial charge on any atom is -0.462 e. The van der Waals surface area contributed by atoms with Crippen LogP contribution in [0.4, 0.5) is 5.00 Å². The van der Waals surface area contributed by atoms with Gasteiger partial charge < -0.3 is 15.2 Å². The van der Waals surface area contributed by atoms with Crippen LogP contribution in [0.3, 0.4) is 0 Å². The predicted molar refractivity (Wildman–Crippen MR) is 64.9 cm³/mol. The number of anilines is 1. The summed E-state index contributed by atoms with van der Waals surface area (Å²) in [5, 5.41) is 9.18. The SMILES string of the molecule is CCOC(=O)c1sc(N)c(C#N)c1COC(C)=O. The van der Waals surface area contributed by atoms with Gasteiger partial charge in [0.15, 0.2) is 0 Å². The van der Waals surface area contributed by atoms with Gasteiger partial charge in [0.2, 0.25) is 0 Å². The second kappa shape index (κ2) is 6.02. The Morgan fingerprint density at radius 2 is 2.11 bits per heavy atom. The van der Waals surface area contributed by atoms with Gasteiger partial charge in [0.05, 0.1) is 12.2 Å². The van der Waals surface area contributed by atoms with Gasteiger partial charge in [-0.15, -0.1) is 11.3 Å². The fourth-order valence-electron chi connectivity index (χ4n) is 1.28. The predicted octanol–water partition coefficient (Wildman–Crippen LogP) is 1.44. The molecule has 0 atom stereocenters. The van der Waals surface area contributed by atoms with E-state index in [1.165, 1.54) is 6.92 Å². The first-order chi connectivity index (χ1) is 8.51. The fraction of sp³-hybridized carbons (Fsp3) is 0.364. The molecule has 0 saturated heterocycles. The lowest BCUT2D eigenvalue weighted by Crippen LogP contribution is -2.08. The Labute approximate surface area is 108 Å². The number of nitriles is 1. The summed E-state index contributed by atoms with van der Waals surface area (Å²) in [6.45, 7) is 2.96. The van der Waals surface area contributed by atoms with Gasteiger partial charge in [-0.3, -0.25) is 4.79 Å². The molecule has 0 aromatic carbocycles. The lowest BCUT2D eigenvalue weighted by Gasteiger charge is -2.04. The van der Waals surface area contributed by atoms with Crippen molar-refractivity contribution >= 4 is 28.3 Å². The minimum atomic E-state index is -0.571. The molecule has 0 radical (unpaired) electrons. The van der Waals surface area contributed by atoms with Crippen LogP contribution in [0.25, 0.3) is 0 Å². The number of thiophene rings is 1. The summed E-state index contributed by atoms with van der Waals surface area (Å²) in [4.78, 5) is 22.7. The third kappa shape index (κ3) is 2.99. The molecule has 0 fully saturated rings. The molecule has 1 heterocycles. The smallest absolute Gasteiger partial charge is 0.348 e. The zero-order valence-electron chi connectivity index (χ0n) is 9.98. The van der Waals surface area contributed by atoms with Crippen LogP contribution in [-0.4, -0.2) is 18.5 Å². The molecule has 96 valence electrons. The maximum atomic E-state index is 11.7. The number of rotatable bonds is 4. The summed E-state index contributed by atoms with van der Waals surface area (Å²) in [5.41, 5.74) is 6.10. The molecule has 0 aliphatic rings. The number of nitrogens with two attached hydrogens (primary N) is 1. The maximum absolute atomic E-state index is 11.7. The van der Waals surface area contributed by atoms with E-state index in [1.54, 1.807) is 6.92 Å². The molecule has 18 heavy (non-hydrogen) atoms. The van der Waals surface area contributed by atoms with Crippen LogP contribution < -0.4 is 5.73 Å². The van der Waals surface area contributed by atoms with E-state index in [9.17, 15) is 9.59 Å². The second-order valence-electron chi connectivity index (χ2n) is 3.26. The van der Waals surface area contributed by atoms with E-state index in [0.29, 0.717) is 5.56 Å². The van der Waals surface area contributed by atoms with Crippen LogP contribution in [0.2, 0.25) is 0 Å². The van der Waals surface area contributed by atoms with Gasteiger partial charge in [-0.25, -0.2) is 4.79 Å². The largest absolute Gasteiger partial charge is 0.462 e. The van der Waals surface area contributed by atoms with E-state index in [4.69, 9.17) is 20.5 Å². The van der Waals surface area contributed by atoms with Crippen molar-refractivity contribution in [3.63, 3.8) is 0 Å². The quantitative estimate of drug-likeness (QED) is 0.829. The Morgan fingerprint density at radius 3 is 2.61 bits per heavy atom. The highest BCUT2D eigenvalue weighted by Crippen LogP contribution is 2.31. The van der Waals surface area contributed by atoms with Crippen LogP contribution in [0.5, 0.6) is 0 Å². The van der Waals surface area contributed by atoms with Gasteiger partial charge in [-0.1, -0.05) is 0 Å². The van der Waals surface area contributed by atoms with E-state index >= 15 is 0 Å². The van der Waals surface area contributed by atoms with E-state index in [2.05, 4.69) is 0 Å². The van der Waals surface area contributed by atoms with Crippen LogP contribution >= 0.6 is 11.3 Å². The number of carbonyl (C=O) groups excluding carboxylic acids is 2. The first kappa shape index (κ1) is 14.0. The van der Waals surface area contributed by atoms with Gasteiger partial charge in [-0.05, 0) is 6.92 Å². The number of carbonyl (C=O) groups is 2. The first-order valence-corrected chi connectivity index (χ1v) is 5.94. The third-order valence-corrected chi connectivity index (χ3v) is 3.07. The molecule has 1 aromatic heterocycles. The van der Waals surface area contributed by atoms with Gasteiger partial charge in [0.1, 0.15) is 22.6 Å². The molecule has 0 unspecified atom stereocenters.